The molecule has 0 spiro atoms. The van der Waals surface area contributed by atoms with Gasteiger partial charge in [0.1, 0.15) is 5.60 Å². The maximum absolute atomic E-state index is 11.0. The predicted molar refractivity (Wildman–Crippen MR) is 69.1 cm³/mol. The molecule has 92 valence electrons. The topological polar surface area (TPSA) is 35.5 Å². The van der Waals surface area contributed by atoms with Crippen LogP contribution >= 0.6 is 0 Å². The van der Waals surface area contributed by atoms with Crippen molar-refractivity contribution in [2.75, 3.05) is 7.11 Å². The van der Waals surface area contributed by atoms with Gasteiger partial charge in [0, 0.05) is 5.56 Å². The van der Waals surface area contributed by atoms with Gasteiger partial charge in [-0.25, -0.2) is 0 Å². The van der Waals surface area contributed by atoms with E-state index in [1.807, 2.05) is 25.1 Å². The number of methoxy groups -OCH3 is 1. The minimum Gasteiger partial charge on any atom is -0.492 e. The zero-order chi connectivity index (χ0) is 12.8. The molecule has 1 aromatic carbocycles. The number of benzene rings is 1. The summed E-state index contributed by atoms with van der Waals surface area (Å²) < 4.78 is 11.4. The first-order chi connectivity index (χ1) is 8.68. The van der Waals surface area contributed by atoms with E-state index in [0.29, 0.717) is 17.1 Å². The van der Waals surface area contributed by atoms with Crippen LogP contribution < -0.4 is 9.47 Å². The third kappa shape index (κ3) is 1.55. The lowest BCUT2D eigenvalue weighted by Crippen LogP contribution is -2.31. The Kier molecular flexibility index (Phi) is 2.30. The highest BCUT2D eigenvalue weighted by atomic mass is 16.5. The highest BCUT2D eigenvalue weighted by Crippen LogP contribution is 2.45. The van der Waals surface area contributed by atoms with Crippen LogP contribution in [0.3, 0.4) is 0 Å². The van der Waals surface area contributed by atoms with Crippen LogP contribution in [-0.2, 0) is 0 Å². The van der Waals surface area contributed by atoms with Crippen molar-refractivity contribution in [2.45, 2.75) is 18.9 Å². The van der Waals surface area contributed by atoms with Crippen LogP contribution in [0, 0.1) is 0 Å². The van der Waals surface area contributed by atoms with E-state index in [1.165, 1.54) is 5.57 Å². The highest BCUT2D eigenvalue weighted by Gasteiger charge is 2.37. The molecule has 3 rings (SSSR count). The number of carbonyl (C=O) groups excluding carboxylic acids is 1. The van der Waals surface area contributed by atoms with Gasteiger partial charge in [0.2, 0.25) is 0 Å². The van der Waals surface area contributed by atoms with Crippen molar-refractivity contribution >= 4 is 12.4 Å². The Morgan fingerprint density at radius 1 is 1.44 bits per heavy atom. The van der Waals surface area contributed by atoms with Crippen LogP contribution in [0.4, 0.5) is 0 Å². The van der Waals surface area contributed by atoms with Crippen molar-refractivity contribution < 1.29 is 14.3 Å². The molecule has 3 heteroatoms. The summed E-state index contributed by atoms with van der Waals surface area (Å²) in [4.78, 5) is 11.0. The van der Waals surface area contributed by atoms with E-state index in [-0.39, 0.29) is 0 Å². The maximum atomic E-state index is 11.0. The first-order valence-electron chi connectivity index (χ1n) is 5.92. The summed E-state index contributed by atoms with van der Waals surface area (Å²) in [7, 11) is 1.55. The summed E-state index contributed by atoms with van der Waals surface area (Å²) in [5.74, 6) is 1.17. The van der Waals surface area contributed by atoms with E-state index < -0.39 is 5.60 Å². The van der Waals surface area contributed by atoms with Gasteiger partial charge in [-0.2, -0.15) is 0 Å². The molecule has 0 amide bonds. The molecule has 2 aliphatic rings. The molecular formula is C15H14O3. The van der Waals surface area contributed by atoms with Crippen LogP contribution in [-0.4, -0.2) is 19.0 Å². The zero-order valence-corrected chi connectivity index (χ0v) is 10.4. The molecule has 3 nitrogen and oxygen atoms in total. The van der Waals surface area contributed by atoms with E-state index in [0.717, 1.165) is 18.3 Å². The van der Waals surface area contributed by atoms with E-state index in [2.05, 4.69) is 6.08 Å². The van der Waals surface area contributed by atoms with E-state index in [4.69, 9.17) is 9.47 Å². The second-order valence-electron chi connectivity index (χ2n) is 4.70. The monoisotopic (exact) mass is 242 g/mol. The lowest BCUT2D eigenvalue weighted by molar-refractivity contribution is 0.111. The fourth-order valence-electron chi connectivity index (χ4n) is 2.26. The van der Waals surface area contributed by atoms with E-state index in [1.54, 1.807) is 13.2 Å². The quantitative estimate of drug-likeness (QED) is 0.603. The lowest BCUT2D eigenvalue weighted by Gasteiger charge is -2.31. The van der Waals surface area contributed by atoms with Crippen LogP contribution in [0.1, 0.15) is 29.3 Å². The maximum Gasteiger partial charge on any atom is 0.171 e. The number of fused-ring (bicyclic) bond motifs is 1. The number of hydrogen-bond donors (Lipinski definition) is 0. The Morgan fingerprint density at radius 2 is 2.22 bits per heavy atom. The van der Waals surface area contributed by atoms with Crippen LogP contribution in [0.2, 0.25) is 0 Å². The minimum atomic E-state index is -0.401. The molecule has 18 heavy (non-hydrogen) atoms. The third-order valence-corrected chi connectivity index (χ3v) is 3.45. The fraction of sp³-hybridized carbons (Fsp3) is 0.267. The molecule has 1 aromatic rings. The normalized spacial score (nSPS) is 23.8. The van der Waals surface area contributed by atoms with Crippen LogP contribution in [0.5, 0.6) is 11.5 Å². The second-order valence-corrected chi connectivity index (χ2v) is 4.70. The Bertz CT molecular complexity index is 584. The number of carbonyl (C=O) groups is 1. The number of aldehydes is 1. The first-order valence-corrected chi connectivity index (χ1v) is 5.92. The van der Waals surface area contributed by atoms with Crippen molar-refractivity contribution in [3.63, 3.8) is 0 Å². The summed E-state index contributed by atoms with van der Waals surface area (Å²) in [6.45, 7) is 2.03. The molecule has 0 N–H and O–H groups in total. The lowest BCUT2D eigenvalue weighted by atomic mass is 9.96. The van der Waals surface area contributed by atoms with Gasteiger partial charge in [-0.1, -0.05) is 18.2 Å². The average molecular weight is 242 g/mol. The van der Waals surface area contributed by atoms with Gasteiger partial charge in [-0.3, -0.25) is 4.79 Å². The van der Waals surface area contributed by atoms with Crippen molar-refractivity contribution in [3.8, 4) is 11.5 Å². The van der Waals surface area contributed by atoms with Crippen molar-refractivity contribution in [2.24, 2.45) is 0 Å². The zero-order valence-electron chi connectivity index (χ0n) is 10.4. The number of ether oxygens (including phenoxy) is 2. The van der Waals surface area contributed by atoms with Crippen LogP contribution in [0.15, 0.2) is 29.9 Å². The average Bonchev–Trinajstić information content (AvgIpc) is 3.21. The third-order valence-electron chi connectivity index (χ3n) is 3.45. The Labute approximate surface area is 106 Å². The van der Waals surface area contributed by atoms with Crippen LogP contribution in [0.25, 0.3) is 6.08 Å². The summed E-state index contributed by atoms with van der Waals surface area (Å²) in [5.41, 5.74) is 2.32. The second kappa shape index (κ2) is 3.73. The Morgan fingerprint density at radius 3 is 2.83 bits per heavy atom. The van der Waals surface area contributed by atoms with Crippen molar-refractivity contribution in [3.05, 3.63) is 41.0 Å². The number of rotatable bonds is 3. The summed E-state index contributed by atoms with van der Waals surface area (Å²) >= 11 is 0. The van der Waals surface area contributed by atoms with Gasteiger partial charge in [0.15, 0.2) is 17.8 Å². The molecule has 1 atom stereocenters. The fourth-order valence-corrected chi connectivity index (χ4v) is 2.26. The summed E-state index contributed by atoms with van der Waals surface area (Å²) in [6.07, 6.45) is 8.00. The largest absolute Gasteiger partial charge is 0.492 e. The van der Waals surface area contributed by atoms with Crippen molar-refractivity contribution in [1.29, 1.82) is 0 Å². The molecule has 0 radical (unpaired) electrons. The van der Waals surface area contributed by atoms with Gasteiger partial charge >= 0.3 is 0 Å². The number of allylic oxidation sites excluding steroid dienone is 1. The molecular weight excluding hydrogens is 228 g/mol. The smallest absolute Gasteiger partial charge is 0.171 e. The van der Waals surface area contributed by atoms with Gasteiger partial charge in [-0.15, -0.1) is 0 Å². The molecule has 1 heterocycles. The molecule has 0 aromatic heterocycles. The predicted octanol–water partition coefficient (Wildman–Crippen LogP) is 3.00. The molecule has 0 saturated carbocycles. The van der Waals surface area contributed by atoms with Gasteiger partial charge in [0.25, 0.3) is 0 Å². The first kappa shape index (κ1) is 11.1. The molecule has 1 aliphatic carbocycles. The molecule has 0 saturated heterocycles. The Balaban J connectivity index is 2.12. The van der Waals surface area contributed by atoms with Gasteiger partial charge in [-0.05, 0) is 31.1 Å². The van der Waals surface area contributed by atoms with Crippen molar-refractivity contribution in [1.82, 2.24) is 0 Å². The summed E-state index contributed by atoms with van der Waals surface area (Å²) in [6, 6.07) is 3.62. The number of hydrogen-bond acceptors (Lipinski definition) is 3. The molecule has 1 unspecified atom stereocenters. The van der Waals surface area contributed by atoms with Gasteiger partial charge < -0.3 is 9.47 Å². The standard InChI is InChI=1S/C15H14O3/c1-15(12-5-6-12)8-7-10-3-4-11(9-16)13(17-2)14(10)18-15/h3-5,7-9H,6H2,1-2H3. The summed E-state index contributed by atoms with van der Waals surface area (Å²) in [5, 5.41) is 0. The molecule has 1 aliphatic heterocycles. The minimum absolute atomic E-state index is 0.401. The molecule has 0 fully saturated rings. The molecule has 0 bridgehead atoms. The van der Waals surface area contributed by atoms with E-state index >= 15 is 0 Å². The van der Waals surface area contributed by atoms with E-state index in [9.17, 15) is 4.79 Å². The SMILES string of the molecule is COc1c(C=O)ccc2c1OC(C)(C1=CC1)C=C2. The highest BCUT2D eigenvalue weighted by molar-refractivity contribution is 5.84. The van der Waals surface area contributed by atoms with Gasteiger partial charge in [0.05, 0.1) is 12.7 Å². The Hall–Kier alpha value is -2.03.